The average molecular weight is 485 g/mol. The van der Waals surface area contributed by atoms with E-state index < -0.39 is 11.2 Å². The van der Waals surface area contributed by atoms with Crippen LogP contribution in [0.5, 0.6) is 11.5 Å². The van der Waals surface area contributed by atoms with Gasteiger partial charge in [0.2, 0.25) is 5.43 Å². The highest BCUT2D eigenvalue weighted by Gasteiger charge is 2.38. The number of nitrogens with one attached hydrogen (secondary N) is 1. The van der Waals surface area contributed by atoms with Crippen molar-refractivity contribution < 1.29 is 14.2 Å². The molecule has 2 aromatic heterocycles. The van der Waals surface area contributed by atoms with Gasteiger partial charge in [-0.15, -0.1) is 11.3 Å². The van der Waals surface area contributed by atoms with Crippen LogP contribution in [0.15, 0.2) is 10.9 Å². The molecule has 0 spiro atoms. The third kappa shape index (κ3) is 3.35. The van der Waals surface area contributed by atoms with Crippen molar-refractivity contribution in [3.63, 3.8) is 0 Å². The Morgan fingerprint density at radius 2 is 2.12 bits per heavy atom. The third-order valence-corrected chi connectivity index (χ3v) is 8.44. The molecule has 0 amide bonds. The number of benzene rings is 1. The Balaban J connectivity index is 1.76. The van der Waals surface area contributed by atoms with E-state index in [1.807, 2.05) is 15.5 Å². The largest absolute Gasteiger partial charge is 0.505 e. The van der Waals surface area contributed by atoms with Gasteiger partial charge in [0.25, 0.3) is 0 Å². The summed E-state index contributed by atoms with van der Waals surface area (Å²) in [6.07, 6.45) is 2.73. The van der Waals surface area contributed by atoms with Crippen molar-refractivity contribution in [2.45, 2.75) is 51.6 Å². The molecule has 1 atom stereocenters. The van der Waals surface area contributed by atoms with E-state index in [-0.39, 0.29) is 33.0 Å². The summed E-state index contributed by atoms with van der Waals surface area (Å²) in [5.41, 5.74) is 0.348. The number of nitriles is 1. The molecular formula is C25H29FN4O3S. The van der Waals surface area contributed by atoms with Gasteiger partial charge in [-0.05, 0) is 51.6 Å². The van der Waals surface area contributed by atoms with Gasteiger partial charge in [-0.3, -0.25) is 4.79 Å². The lowest BCUT2D eigenvalue weighted by molar-refractivity contribution is 0.276. The molecule has 1 unspecified atom stereocenters. The Morgan fingerprint density at radius 1 is 1.38 bits per heavy atom. The van der Waals surface area contributed by atoms with Gasteiger partial charge in [-0.2, -0.15) is 5.26 Å². The van der Waals surface area contributed by atoms with Gasteiger partial charge in [-0.1, -0.05) is 6.92 Å². The first-order chi connectivity index (χ1) is 16.2. The van der Waals surface area contributed by atoms with E-state index >= 15 is 4.39 Å². The van der Waals surface area contributed by atoms with Crippen LogP contribution in [-0.2, 0) is 0 Å². The SMILES string of the molecule is CCNC(C)(C)C1CCN(c2c(F)cc3c(=O)c4c(O)c(C#N)sc4n(C4CC4)c3c2OC)C1. The molecule has 2 N–H and O–H groups in total. The molecule has 1 saturated heterocycles. The number of rotatable bonds is 6. The van der Waals surface area contributed by atoms with Crippen LogP contribution in [0.4, 0.5) is 10.1 Å². The van der Waals surface area contributed by atoms with E-state index in [1.165, 1.54) is 13.2 Å². The van der Waals surface area contributed by atoms with E-state index in [2.05, 4.69) is 26.1 Å². The van der Waals surface area contributed by atoms with Crippen LogP contribution < -0.4 is 20.4 Å². The third-order valence-electron chi connectivity index (χ3n) is 7.35. The molecule has 9 heteroatoms. The van der Waals surface area contributed by atoms with Crippen molar-refractivity contribution >= 4 is 38.1 Å². The molecule has 7 nitrogen and oxygen atoms in total. The Bertz CT molecular complexity index is 1400. The molecular weight excluding hydrogens is 455 g/mol. The molecule has 2 aliphatic rings. The molecule has 34 heavy (non-hydrogen) atoms. The number of aromatic nitrogens is 1. The maximum absolute atomic E-state index is 15.7. The lowest BCUT2D eigenvalue weighted by Crippen LogP contribution is -2.47. The highest BCUT2D eigenvalue weighted by atomic mass is 32.1. The minimum Gasteiger partial charge on any atom is -0.505 e. The molecule has 2 fully saturated rings. The number of halogens is 1. The van der Waals surface area contributed by atoms with E-state index in [4.69, 9.17) is 4.74 Å². The fraction of sp³-hybridized carbons (Fsp3) is 0.520. The number of pyridine rings is 1. The summed E-state index contributed by atoms with van der Waals surface area (Å²) < 4.78 is 23.5. The number of thiophene rings is 1. The van der Waals surface area contributed by atoms with Gasteiger partial charge in [-0.25, -0.2) is 4.39 Å². The second-order valence-corrected chi connectivity index (χ2v) is 10.8. The number of anilines is 1. The Hall–Kier alpha value is -2.83. The number of ether oxygens (including phenoxy) is 1. The van der Waals surface area contributed by atoms with Crippen molar-refractivity contribution in [3.05, 3.63) is 27.0 Å². The smallest absolute Gasteiger partial charge is 0.202 e. The maximum atomic E-state index is 15.7. The predicted octanol–water partition coefficient (Wildman–Crippen LogP) is 4.49. The average Bonchev–Trinajstić information content (AvgIpc) is 3.40. The van der Waals surface area contributed by atoms with Gasteiger partial charge in [0.05, 0.1) is 18.0 Å². The second kappa shape index (κ2) is 8.14. The zero-order valence-corrected chi connectivity index (χ0v) is 20.7. The van der Waals surface area contributed by atoms with Gasteiger partial charge in [0, 0.05) is 24.7 Å². The lowest BCUT2D eigenvalue weighted by Gasteiger charge is -2.33. The Kier molecular flexibility index (Phi) is 5.49. The van der Waals surface area contributed by atoms with E-state index in [1.54, 1.807) is 0 Å². The van der Waals surface area contributed by atoms with Gasteiger partial charge in [0.1, 0.15) is 26.9 Å². The van der Waals surface area contributed by atoms with Crippen molar-refractivity contribution in [1.82, 2.24) is 9.88 Å². The molecule has 0 bridgehead atoms. The van der Waals surface area contributed by atoms with Crippen LogP contribution in [0.1, 0.15) is 51.0 Å². The van der Waals surface area contributed by atoms with Crippen LogP contribution in [0, 0.1) is 23.1 Å². The van der Waals surface area contributed by atoms with Gasteiger partial charge in [0.15, 0.2) is 17.3 Å². The molecule has 1 aliphatic carbocycles. The molecule has 5 rings (SSSR count). The molecule has 3 aromatic rings. The van der Waals surface area contributed by atoms with Crippen molar-refractivity contribution in [2.24, 2.45) is 5.92 Å². The standard InChI is InChI=1S/C25H29FN4O3S/c1-5-28-25(2,3)13-8-9-29(12-13)20-16(26)10-15-19(23(20)33-4)30(14-6-7-14)24-18(21(15)31)22(32)17(11-27)34-24/h10,13-14,28,32H,5-9,12H2,1-4H3. The number of methoxy groups -OCH3 is 1. The fourth-order valence-electron chi connectivity index (χ4n) is 5.44. The van der Waals surface area contributed by atoms with E-state index in [0.717, 1.165) is 37.1 Å². The van der Waals surface area contributed by atoms with Crippen LogP contribution >= 0.6 is 11.3 Å². The maximum Gasteiger partial charge on any atom is 0.202 e. The monoisotopic (exact) mass is 484 g/mol. The summed E-state index contributed by atoms with van der Waals surface area (Å²) in [6, 6.07) is 3.37. The molecule has 1 saturated carbocycles. The van der Waals surface area contributed by atoms with E-state index in [0.29, 0.717) is 40.8 Å². The molecule has 1 aromatic carbocycles. The number of fused-ring (bicyclic) bond motifs is 2. The predicted molar refractivity (Wildman–Crippen MR) is 133 cm³/mol. The van der Waals surface area contributed by atoms with Gasteiger partial charge < -0.3 is 24.6 Å². The Morgan fingerprint density at radius 3 is 2.74 bits per heavy atom. The fourth-order valence-corrected chi connectivity index (χ4v) is 6.51. The lowest BCUT2D eigenvalue weighted by atomic mass is 9.87. The minimum atomic E-state index is -0.514. The van der Waals surface area contributed by atoms with E-state index in [9.17, 15) is 15.2 Å². The summed E-state index contributed by atoms with van der Waals surface area (Å²) in [5.74, 6) is -0.164. The normalized spacial score (nSPS) is 18.7. The summed E-state index contributed by atoms with van der Waals surface area (Å²) in [7, 11) is 1.51. The number of aromatic hydroxyl groups is 1. The number of hydrogen-bond donors (Lipinski definition) is 2. The van der Waals surface area contributed by atoms with Crippen LogP contribution in [0.25, 0.3) is 21.1 Å². The summed E-state index contributed by atoms with van der Waals surface area (Å²) >= 11 is 1.10. The molecule has 1 aliphatic heterocycles. The summed E-state index contributed by atoms with van der Waals surface area (Å²) in [4.78, 5) is 16.1. The second-order valence-electron chi connectivity index (χ2n) is 9.82. The van der Waals surface area contributed by atoms with Gasteiger partial charge >= 0.3 is 0 Å². The zero-order valence-electron chi connectivity index (χ0n) is 19.9. The van der Waals surface area contributed by atoms with Crippen molar-refractivity contribution in [1.29, 1.82) is 5.26 Å². The first kappa shape index (κ1) is 22.9. The zero-order chi connectivity index (χ0) is 24.4. The molecule has 180 valence electrons. The van der Waals surface area contributed by atoms with Crippen LogP contribution in [0.2, 0.25) is 0 Å². The van der Waals surface area contributed by atoms with Crippen LogP contribution in [0.3, 0.4) is 0 Å². The number of nitrogens with zero attached hydrogens (tertiary/aromatic N) is 3. The van der Waals surface area contributed by atoms with Crippen molar-refractivity contribution in [2.75, 3.05) is 31.6 Å². The highest BCUT2D eigenvalue weighted by molar-refractivity contribution is 7.19. The molecule has 3 heterocycles. The summed E-state index contributed by atoms with van der Waals surface area (Å²) in [6.45, 7) is 8.66. The summed E-state index contributed by atoms with van der Waals surface area (Å²) in [5, 5.41) is 23.8. The molecule has 0 radical (unpaired) electrons. The first-order valence-corrected chi connectivity index (χ1v) is 12.5. The Labute approximate surface area is 201 Å². The van der Waals surface area contributed by atoms with Crippen LogP contribution in [-0.4, -0.2) is 42.0 Å². The van der Waals surface area contributed by atoms with Crippen molar-refractivity contribution in [3.8, 4) is 17.6 Å². The topological polar surface area (TPSA) is 90.5 Å². The number of hydrogen-bond acceptors (Lipinski definition) is 7. The highest BCUT2D eigenvalue weighted by Crippen LogP contribution is 2.49. The first-order valence-electron chi connectivity index (χ1n) is 11.7. The minimum absolute atomic E-state index is 0.0868. The quantitative estimate of drug-likeness (QED) is 0.536.